The summed E-state index contributed by atoms with van der Waals surface area (Å²) in [4.78, 5) is 8.33. The molecule has 1 aliphatic heterocycles. The lowest BCUT2D eigenvalue weighted by Gasteiger charge is -2.36. The number of fused-ring (bicyclic) bond motifs is 1. The first kappa shape index (κ1) is 22.6. The number of anilines is 1. The number of aromatic amines is 1. The van der Waals surface area contributed by atoms with Crippen LogP contribution in [-0.2, 0) is 6.42 Å². The fourth-order valence-electron chi connectivity index (χ4n) is 4.70. The molecule has 1 aromatic heterocycles. The summed E-state index contributed by atoms with van der Waals surface area (Å²) in [6.07, 6.45) is 4.33. The highest BCUT2D eigenvalue weighted by Gasteiger charge is 2.20. The molecule has 176 valence electrons. The van der Waals surface area contributed by atoms with Gasteiger partial charge in [0.05, 0.1) is 12.8 Å². The minimum atomic E-state index is 0.732. The molecule has 0 bridgehead atoms. The van der Waals surface area contributed by atoms with Gasteiger partial charge in [-0.15, -0.1) is 0 Å². The number of nitrogens with one attached hydrogen (secondary N) is 1. The minimum Gasteiger partial charge on any atom is -0.493 e. The molecule has 2 heterocycles. The van der Waals surface area contributed by atoms with Crippen molar-refractivity contribution >= 4 is 28.2 Å². The molecule has 0 unspecified atom stereocenters. The van der Waals surface area contributed by atoms with Gasteiger partial charge in [-0.2, -0.15) is 0 Å². The highest BCUT2D eigenvalue weighted by atomic mass is 35.5. The zero-order valence-corrected chi connectivity index (χ0v) is 20.2. The lowest BCUT2D eigenvalue weighted by atomic mass is 10.1. The van der Waals surface area contributed by atoms with Crippen LogP contribution in [0.3, 0.4) is 0 Å². The second-order valence-corrected chi connectivity index (χ2v) is 9.09. The zero-order chi connectivity index (χ0) is 23.3. The molecule has 0 spiro atoms. The number of aryl methyl sites for hydroxylation is 1. The van der Waals surface area contributed by atoms with Gasteiger partial charge in [0.25, 0.3) is 0 Å². The third kappa shape index (κ3) is 5.01. The van der Waals surface area contributed by atoms with Gasteiger partial charge in [0.15, 0.2) is 17.2 Å². The molecular formula is C28H30ClN3O2. The molecule has 1 N–H and O–H groups in total. The van der Waals surface area contributed by atoms with E-state index in [9.17, 15) is 0 Å². The molecule has 3 aromatic carbocycles. The summed E-state index contributed by atoms with van der Waals surface area (Å²) in [5, 5.41) is 2.05. The van der Waals surface area contributed by atoms with Crippen LogP contribution in [0.2, 0.25) is 5.02 Å². The number of nitrogens with zero attached hydrogens (tertiary/aromatic N) is 2. The largest absolute Gasteiger partial charge is 0.493 e. The first-order chi connectivity index (χ1) is 16.7. The molecule has 5 nitrogen and oxygen atoms in total. The monoisotopic (exact) mass is 475 g/mol. The normalized spacial score (nSPS) is 14.5. The Morgan fingerprint density at radius 2 is 1.62 bits per heavy atom. The van der Waals surface area contributed by atoms with Gasteiger partial charge in [0.1, 0.15) is 0 Å². The molecule has 0 aliphatic carbocycles. The SMILES string of the molecule is COc1ccccc1Oc1ccccc1N1CCN(CCCc2c[nH]c3cc(Cl)ccc23)CC1. The van der Waals surface area contributed by atoms with Crippen molar-refractivity contribution in [1.29, 1.82) is 0 Å². The highest BCUT2D eigenvalue weighted by Crippen LogP contribution is 2.36. The quantitative estimate of drug-likeness (QED) is 0.321. The Balaban J connectivity index is 1.16. The Morgan fingerprint density at radius 1 is 0.882 bits per heavy atom. The van der Waals surface area contributed by atoms with Crippen LogP contribution in [0.5, 0.6) is 17.2 Å². The Morgan fingerprint density at radius 3 is 2.41 bits per heavy atom. The molecule has 1 aliphatic rings. The van der Waals surface area contributed by atoms with E-state index in [1.54, 1.807) is 7.11 Å². The lowest BCUT2D eigenvalue weighted by Crippen LogP contribution is -2.46. The molecule has 0 amide bonds. The van der Waals surface area contributed by atoms with E-state index in [1.807, 2.05) is 48.5 Å². The van der Waals surface area contributed by atoms with E-state index in [0.717, 1.165) is 79.0 Å². The number of benzene rings is 3. The van der Waals surface area contributed by atoms with Crippen molar-refractivity contribution in [2.75, 3.05) is 44.7 Å². The van der Waals surface area contributed by atoms with Crippen molar-refractivity contribution in [3.63, 3.8) is 0 Å². The van der Waals surface area contributed by atoms with Crippen LogP contribution in [0.1, 0.15) is 12.0 Å². The van der Waals surface area contributed by atoms with Crippen LogP contribution in [0.4, 0.5) is 5.69 Å². The number of hydrogen-bond donors (Lipinski definition) is 1. The van der Waals surface area contributed by atoms with Gasteiger partial charge in [-0.3, -0.25) is 4.90 Å². The van der Waals surface area contributed by atoms with Crippen LogP contribution in [0.15, 0.2) is 72.9 Å². The summed E-state index contributed by atoms with van der Waals surface area (Å²) in [7, 11) is 1.67. The second kappa shape index (κ2) is 10.4. The number of methoxy groups -OCH3 is 1. The summed E-state index contributed by atoms with van der Waals surface area (Å²) < 4.78 is 11.7. The van der Waals surface area contributed by atoms with E-state index >= 15 is 0 Å². The van der Waals surface area contributed by atoms with Crippen molar-refractivity contribution in [2.45, 2.75) is 12.8 Å². The third-order valence-electron chi connectivity index (χ3n) is 6.52. The van der Waals surface area contributed by atoms with Crippen molar-refractivity contribution in [3.05, 3.63) is 83.5 Å². The maximum Gasteiger partial charge on any atom is 0.169 e. The minimum absolute atomic E-state index is 0.732. The summed E-state index contributed by atoms with van der Waals surface area (Å²) in [5.41, 5.74) is 3.61. The second-order valence-electron chi connectivity index (χ2n) is 8.66. The van der Waals surface area contributed by atoms with Gasteiger partial charge < -0.3 is 19.4 Å². The summed E-state index contributed by atoms with van der Waals surface area (Å²) >= 11 is 6.11. The van der Waals surface area contributed by atoms with Crippen molar-refractivity contribution in [2.24, 2.45) is 0 Å². The maximum absolute atomic E-state index is 6.27. The smallest absolute Gasteiger partial charge is 0.169 e. The Bertz CT molecular complexity index is 1250. The number of rotatable bonds is 8. The Kier molecular flexibility index (Phi) is 6.93. The standard InChI is InChI=1S/C28H30ClN3O2/c1-33-27-10-4-5-11-28(27)34-26-9-3-2-8-25(26)32-17-15-31(16-18-32)14-6-7-21-20-30-24-19-22(29)12-13-23(21)24/h2-5,8-13,19-20,30H,6-7,14-18H2,1H3. The van der Waals surface area contributed by atoms with E-state index in [2.05, 4.69) is 39.2 Å². The van der Waals surface area contributed by atoms with Crippen LogP contribution in [0.25, 0.3) is 10.9 Å². The maximum atomic E-state index is 6.27. The first-order valence-electron chi connectivity index (χ1n) is 11.8. The Hall–Kier alpha value is -3.15. The van der Waals surface area contributed by atoms with Crippen LogP contribution < -0.4 is 14.4 Å². The van der Waals surface area contributed by atoms with Gasteiger partial charge in [-0.25, -0.2) is 0 Å². The molecule has 0 atom stereocenters. The highest BCUT2D eigenvalue weighted by molar-refractivity contribution is 6.31. The predicted octanol–water partition coefficient (Wildman–Crippen LogP) is 6.38. The summed E-state index contributed by atoms with van der Waals surface area (Å²) in [5.74, 6) is 2.33. The van der Waals surface area contributed by atoms with Crippen LogP contribution in [0, 0.1) is 0 Å². The molecule has 1 saturated heterocycles. The van der Waals surface area contributed by atoms with Gasteiger partial charge >= 0.3 is 0 Å². The first-order valence-corrected chi connectivity index (χ1v) is 12.2. The average Bonchev–Trinajstić information content (AvgIpc) is 3.27. The fraction of sp³-hybridized carbons (Fsp3) is 0.286. The predicted molar refractivity (Wildman–Crippen MR) is 140 cm³/mol. The summed E-state index contributed by atoms with van der Waals surface area (Å²) in [6, 6.07) is 22.1. The van der Waals surface area contributed by atoms with E-state index in [-0.39, 0.29) is 0 Å². The number of para-hydroxylation sites is 4. The molecular weight excluding hydrogens is 446 g/mol. The average molecular weight is 476 g/mol. The number of hydrogen-bond acceptors (Lipinski definition) is 4. The fourth-order valence-corrected chi connectivity index (χ4v) is 4.87. The molecule has 0 saturated carbocycles. The molecule has 5 rings (SSSR count). The topological polar surface area (TPSA) is 40.7 Å². The van der Waals surface area contributed by atoms with E-state index in [4.69, 9.17) is 21.1 Å². The number of piperazine rings is 1. The lowest BCUT2D eigenvalue weighted by molar-refractivity contribution is 0.254. The van der Waals surface area contributed by atoms with Crippen molar-refractivity contribution in [3.8, 4) is 17.2 Å². The van der Waals surface area contributed by atoms with Crippen molar-refractivity contribution in [1.82, 2.24) is 9.88 Å². The number of aromatic nitrogens is 1. The van der Waals surface area contributed by atoms with Gasteiger partial charge in [-0.05, 0) is 61.3 Å². The van der Waals surface area contributed by atoms with Crippen LogP contribution in [-0.4, -0.2) is 49.7 Å². The number of ether oxygens (including phenoxy) is 2. The van der Waals surface area contributed by atoms with Gasteiger partial charge in [-0.1, -0.05) is 41.9 Å². The Labute approximate surface area is 205 Å². The molecule has 4 aromatic rings. The van der Waals surface area contributed by atoms with Gasteiger partial charge in [0.2, 0.25) is 0 Å². The molecule has 6 heteroatoms. The zero-order valence-electron chi connectivity index (χ0n) is 19.5. The molecule has 34 heavy (non-hydrogen) atoms. The van der Waals surface area contributed by atoms with Crippen LogP contribution >= 0.6 is 11.6 Å². The van der Waals surface area contributed by atoms with E-state index < -0.39 is 0 Å². The number of H-pyrrole nitrogens is 1. The van der Waals surface area contributed by atoms with E-state index in [1.165, 1.54) is 10.9 Å². The van der Waals surface area contributed by atoms with Gasteiger partial charge in [0, 0.05) is 48.3 Å². The van der Waals surface area contributed by atoms with Crippen molar-refractivity contribution < 1.29 is 9.47 Å². The van der Waals surface area contributed by atoms with E-state index in [0.29, 0.717) is 0 Å². The summed E-state index contributed by atoms with van der Waals surface area (Å²) in [6.45, 7) is 5.17. The number of halogens is 1. The third-order valence-corrected chi connectivity index (χ3v) is 6.75. The molecule has 0 radical (unpaired) electrons. The molecule has 1 fully saturated rings.